The molecule has 0 aromatic rings. The minimum atomic E-state index is 0.0624. The Balaban J connectivity index is 3.51. The minimum Gasteiger partial charge on any atom is -0.395 e. The van der Waals surface area contributed by atoms with Gasteiger partial charge in [-0.2, -0.15) is 25.3 Å². The number of hydrogen-bond donors (Lipinski definition) is 3. The summed E-state index contributed by atoms with van der Waals surface area (Å²) in [7, 11) is 2.03. The Hall–Kier alpha value is 0.620. The highest BCUT2D eigenvalue weighted by Crippen LogP contribution is 2.04. The van der Waals surface area contributed by atoms with E-state index in [-0.39, 0.29) is 11.9 Å². The number of thiol groups is 2. The fourth-order valence-electron chi connectivity index (χ4n) is 0.981. The maximum absolute atomic E-state index is 8.75. The van der Waals surface area contributed by atoms with Crippen LogP contribution in [0.2, 0.25) is 0 Å². The van der Waals surface area contributed by atoms with Gasteiger partial charge >= 0.3 is 0 Å². The lowest BCUT2D eigenvalue weighted by Gasteiger charge is -2.21. The van der Waals surface area contributed by atoms with Crippen LogP contribution in [-0.4, -0.2) is 47.3 Å². The number of rotatable bonds is 6. The quantitative estimate of drug-likeness (QED) is 0.567. The fraction of sp³-hybridized carbons (Fsp3) is 1.00. The van der Waals surface area contributed by atoms with Gasteiger partial charge in [0.1, 0.15) is 0 Å². The summed E-state index contributed by atoms with van der Waals surface area (Å²) >= 11 is 8.60. The molecule has 0 radical (unpaired) electrons. The Morgan fingerprint density at radius 3 is 2.17 bits per heavy atom. The van der Waals surface area contributed by atoms with Gasteiger partial charge < -0.3 is 10.0 Å². The molecule has 0 aliphatic carbocycles. The van der Waals surface area contributed by atoms with Crippen molar-refractivity contribution in [2.45, 2.75) is 23.8 Å². The first-order valence-electron chi connectivity index (χ1n) is 4.25. The summed E-state index contributed by atoms with van der Waals surface area (Å²) in [5.74, 6) is 0. The molecule has 0 saturated carbocycles. The second-order valence-corrected chi connectivity index (χ2v) is 4.58. The van der Waals surface area contributed by atoms with Crippen molar-refractivity contribution < 1.29 is 5.11 Å². The summed E-state index contributed by atoms with van der Waals surface area (Å²) in [5, 5.41) is 9.24. The van der Waals surface area contributed by atoms with E-state index in [0.717, 1.165) is 19.5 Å². The Kier molecular flexibility index (Phi) is 7.43. The van der Waals surface area contributed by atoms with E-state index in [2.05, 4.69) is 37.1 Å². The van der Waals surface area contributed by atoms with Crippen molar-refractivity contribution in [1.82, 2.24) is 4.90 Å². The van der Waals surface area contributed by atoms with Crippen LogP contribution in [0.25, 0.3) is 0 Å². The number of hydrogen-bond acceptors (Lipinski definition) is 4. The standard InChI is InChI=1S/C8H19NOS2/c1-3-7(11)4-9(2)5-8(12)6-10/h7-8,10-12H,3-6H2,1-2H3. The highest BCUT2D eigenvalue weighted by Gasteiger charge is 2.08. The van der Waals surface area contributed by atoms with Crippen LogP contribution in [0.4, 0.5) is 0 Å². The van der Waals surface area contributed by atoms with E-state index in [4.69, 9.17) is 5.11 Å². The Morgan fingerprint density at radius 2 is 1.75 bits per heavy atom. The SMILES string of the molecule is CCC(S)CN(C)CC(S)CO. The Labute approximate surface area is 86.2 Å². The lowest BCUT2D eigenvalue weighted by Crippen LogP contribution is -2.32. The van der Waals surface area contributed by atoms with Crippen molar-refractivity contribution in [3.8, 4) is 0 Å². The molecule has 2 nitrogen and oxygen atoms in total. The van der Waals surface area contributed by atoms with Gasteiger partial charge in [-0.15, -0.1) is 0 Å². The number of aliphatic hydroxyl groups excluding tert-OH is 1. The maximum Gasteiger partial charge on any atom is 0.0559 e. The second kappa shape index (κ2) is 7.06. The highest BCUT2D eigenvalue weighted by molar-refractivity contribution is 7.81. The molecule has 0 aromatic carbocycles. The lowest BCUT2D eigenvalue weighted by molar-refractivity contribution is 0.255. The summed E-state index contributed by atoms with van der Waals surface area (Å²) in [6, 6.07) is 0. The van der Waals surface area contributed by atoms with Gasteiger partial charge in [0.2, 0.25) is 0 Å². The normalized spacial score (nSPS) is 16.5. The van der Waals surface area contributed by atoms with Crippen molar-refractivity contribution in [2.75, 3.05) is 26.7 Å². The van der Waals surface area contributed by atoms with Crippen molar-refractivity contribution in [1.29, 1.82) is 0 Å². The monoisotopic (exact) mass is 209 g/mol. The van der Waals surface area contributed by atoms with E-state index in [1.54, 1.807) is 0 Å². The molecular weight excluding hydrogens is 190 g/mol. The van der Waals surface area contributed by atoms with Crippen molar-refractivity contribution in [2.24, 2.45) is 0 Å². The molecule has 12 heavy (non-hydrogen) atoms. The van der Waals surface area contributed by atoms with Gasteiger partial charge in [0.15, 0.2) is 0 Å². The molecule has 2 atom stereocenters. The van der Waals surface area contributed by atoms with Gasteiger partial charge in [-0.05, 0) is 13.5 Å². The zero-order valence-electron chi connectivity index (χ0n) is 7.77. The molecule has 4 heteroatoms. The molecular formula is C8H19NOS2. The molecule has 0 heterocycles. The predicted molar refractivity (Wildman–Crippen MR) is 60.4 cm³/mol. The molecule has 0 aliphatic heterocycles. The summed E-state index contributed by atoms with van der Waals surface area (Å²) in [6.07, 6.45) is 1.07. The molecule has 2 unspecified atom stereocenters. The molecule has 0 bridgehead atoms. The smallest absolute Gasteiger partial charge is 0.0559 e. The summed E-state index contributed by atoms with van der Waals surface area (Å²) < 4.78 is 0. The third-order valence-corrected chi connectivity index (χ3v) is 2.58. The number of aliphatic hydroxyl groups is 1. The van der Waals surface area contributed by atoms with Crippen LogP contribution < -0.4 is 0 Å². The third kappa shape index (κ3) is 6.17. The van der Waals surface area contributed by atoms with Crippen molar-refractivity contribution >= 4 is 25.3 Å². The molecule has 0 aromatic heterocycles. The van der Waals surface area contributed by atoms with Gasteiger partial charge in [0, 0.05) is 23.6 Å². The van der Waals surface area contributed by atoms with E-state index in [9.17, 15) is 0 Å². The molecule has 1 N–H and O–H groups in total. The van der Waals surface area contributed by atoms with E-state index >= 15 is 0 Å². The van der Waals surface area contributed by atoms with Crippen LogP contribution in [0, 0.1) is 0 Å². The van der Waals surface area contributed by atoms with Crippen LogP contribution in [0.15, 0.2) is 0 Å². The Bertz CT molecular complexity index is 101. The summed E-state index contributed by atoms with van der Waals surface area (Å²) in [6.45, 7) is 4.03. The van der Waals surface area contributed by atoms with Gasteiger partial charge in [0.25, 0.3) is 0 Å². The van der Waals surface area contributed by atoms with Crippen LogP contribution in [0.5, 0.6) is 0 Å². The van der Waals surface area contributed by atoms with Crippen LogP contribution in [0.3, 0.4) is 0 Å². The average Bonchev–Trinajstić information content (AvgIpc) is 2.03. The predicted octanol–water partition coefficient (Wildman–Crippen LogP) is 0.917. The van der Waals surface area contributed by atoms with E-state index < -0.39 is 0 Å². The first-order chi connectivity index (χ1) is 5.60. The summed E-state index contributed by atoms with van der Waals surface area (Å²) in [5.41, 5.74) is 0. The maximum atomic E-state index is 8.75. The molecule has 0 spiro atoms. The van der Waals surface area contributed by atoms with Crippen LogP contribution in [0.1, 0.15) is 13.3 Å². The van der Waals surface area contributed by atoms with Gasteiger partial charge in [-0.25, -0.2) is 0 Å². The molecule has 0 rings (SSSR count). The highest BCUT2D eigenvalue weighted by atomic mass is 32.1. The third-order valence-electron chi connectivity index (χ3n) is 1.73. The van der Waals surface area contributed by atoms with E-state index in [0.29, 0.717) is 5.25 Å². The van der Waals surface area contributed by atoms with Gasteiger partial charge in [-0.1, -0.05) is 6.92 Å². The van der Waals surface area contributed by atoms with E-state index in [1.165, 1.54) is 0 Å². The zero-order valence-corrected chi connectivity index (χ0v) is 9.56. The molecule has 74 valence electrons. The van der Waals surface area contributed by atoms with E-state index in [1.807, 2.05) is 7.05 Å². The number of nitrogens with zero attached hydrogens (tertiary/aromatic N) is 1. The fourth-order valence-corrected chi connectivity index (χ4v) is 1.54. The summed E-state index contributed by atoms with van der Waals surface area (Å²) in [4.78, 5) is 2.15. The zero-order chi connectivity index (χ0) is 9.56. The van der Waals surface area contributed by atoms with Crippen LogP contribution in [-0.2, 0) is 0 Å². The second-order valence-electron chi connectivity index (χ2n) is 3.12. The Morgan fingerprint density at radius 1 is 1.25 bits per heavy atom. The van der Waals surface area contributed by atoms with Crippen LogP contribution >= 0.6 is 25.3 Å². The largest absolute Gasteiger partial charge is 0.395 e. The van der Waals surface area contributed by atoms with Gasteiger partial charge in [-0.3, -0.25) is 0 Å². The average molecular weight is 209 g/mol. The minimum absolute atomic E-state index is 0.0624. The van der Waals surface area contributed by atoms with Crippen molar-refractivity contribution in [3.05, 3.63) is 0 Å². The first kappa shape index (κ1) is 12.6. The molecule has 0 aliphatic rings. The lowest BCUT2D eigenvalue weighted by atomic mass is 10.3. The first-order valence-corrected chi connectivity index (χ1v) is 5.29. The topological polar surface area (TPSA) is 23.5 Å². The molecule has 0 saturated heterocycles. The van der Waals surface area contributed by atoms with Gasteiger partial charge in [0.05, 0.1) is 6.61 Å². The van der Waals surface area contributed by atoms with Crippen molar-refractivity contribution in [3.63, 3.8) is 0 Å². The molecule has 0 amide bonds. The molecule has 0 fully saturated rings.